The molecule has 0 aliphatic heterocycles. The number of hydrogen-bond acceptors (Lipinski definition) is 5. The third-order valence-electron chi connectivity index (χ3n) is 3.79. The topological polar surface area (TPSA) is 64.1 Å². The van der Waals surface area contributed by atoms with Gasteiger partial charge in [-0.15, -0.1) is 0 Å². The number of anilines is 1. The monoisotopic (exact) mass is 325 g/mol. The number of carbonyl (C=O) groups excluding carboxylic acids is 1. The Labute approximate surface area is 142 Å². The first-order valence-corrected chi connectivity index (χ1v) is 8.14. The molecular formula is C19H23N3O2. The van der Waals surface area contributed by atoms with Crippen molar-refractivity contribution in [3.8, 4) is 0 Å². The Hall–Kier alpha value is -2.43. The van der Waals surface area contributed by atoms with Crippen LogP contribution in [0.5, 0.6) is 0 Å². The van der Waals surface area contributed by atoms with E-state index in [-0.39, 0.29) is 5.97 Å². The fourth-order valence-corrected chi connectivity index (χ4v) is 2.78. The molecule has 1 aromatic rings. The average Bonchev–Trinajstić information content (AvgIpc) is 3.30. The van der Waals surface area contributed by atoms with E-state index >= 15 is 0 Å². The standard InChI is InChI=1S/C19H23N3O2/c1-18(2,3)24-17(23)15-9-14(13-5-6-13)10-19(4,11-15)22-16-12-20-7-8-21-16/h5,7-9,11-12H,6,10H2,1-4H3,(H,21,22)/t19-/m1/s1. The van der Waals surface area contributed by atoms with Crippen LogP contribution in [-0.4, -0.2) is 27.1 Å². The van der Waals surface area contributed by atoms with Gasteiger partial charge in [-0.05, 0) is 63.8 Å². The summed E-state index contributed by atoms with van der Waals surface area (Å²) in [5.41, 5.74) is 2.12. The van der Waals surface area contributed by atoms with Crippen LogP contribution in [0.2, 0.25) is 0 Å². The largest absolute Gasteiger partial charge is 0.456 e. The molecule has 0 saturated carbocycles. The maximum atomic E-state index is 12.5. The van der Waals surface area contributed by atoms with Gasteiger partial charge in [-0.3, -0.25) is 4.98 Å². The zero-order valence-corrected chi connectivity index (χ0v) is 14.6. The molecule has 0 aromatic carbocycles. The average molecular weight is 325 g/mol. The van der Waals surface area contributed by atoms with Gasteiger partial charge in [0.05, 0.1) is 17.3 Å². The van der Waals surface area contributed by atoms with E-state index in [1.165, 1.54) is 11.1 Å². The lowest BCUT2D eigenvalue weighted by atomic mass is 9.83. The second-order valence-corrected chi connectivity index (χ2v) is 7.51. The van der Waals surface area contributed by atoms with Crippen LogP contribution in [0, 0.1) is 0 Å². The summed E-state index contributed by atoms with van der Waals surface area (Å²) >= 11 is 0. The molecule has 24 heavy (non-hydrogen) atoms. The van der Waals surface area contributed by atoms with Crippen molar-refractivity contribution in [3.05, 3.63) is 53.5 Å². The molecule has 0 saturated heterocycles. The molecule has 1 N–H and O–H groups in total. The number of carbonyl (C=O) groups is 1. The number of nitrogens with one attached hydrogen (secondary N) is 1. The molecule has 3 rings (SSSR count). The molecule has 1 aromatic heterocycles. The van der Waals surface area contributed by atoms with E-state index in [1.54, 1.807) is 18.6 Å². The van der Waals surface area contributed by atoms with Crippen molar-refractivity contribution in [2.24, 2.45) is 0 Å². The van der Waals surface area contributed by atoms with E-state index in [0.29, 0.717) is 11.4 Å². The Bertz CT molecular complexity index is 742. The molecule has 0 radical (unpaired) electrons. The number of aromatic nitrogens is 2. The van der Waals surface area contributed by atoms with Crippen molar-refractivity contribution < 1.29 is 9.53 Å². The first-order valence-electron chi connectivity index (χ1n) is 8.14. The lowest BCUT2D eigenvalue weighted by molar-refractivity contribution is -0.149. The van der Waals surface area contributed by atoms with Crippen molar-refractivity contribution >= 4 is 11.8 Å². The van der Waals surface area contributed by atoms with E-state index in [2.05, 4.69) is 28.3 Å². The minimum Gasteiger partial charge on any atom is -0.456 e. The smallest absolute Gasteiger partial charge is 0.338 e. The molecule has 126 valence electrons. The number of allylic oxidation sites excluding steroid dienone is 2. The number of hydrogen-bond donors (Lipinski definition) is 1. The Kier molecular flexibility index (Phi) is 4.03. The van der Waals surface area contributed by atoms with Crippen LogP contribution in [0.25, 0.3) is 0 Å². The first-order chi connectivity index (χ1) is 11.2. The van der Waals surface area contributed by atoms with E-state index in [0.717, 1.165) is 12.8 Å². The highest BCUT2D eigenvalue weighted by molar-refractivity contribution is 5.93. The third kappa shape index (κ3) is 4.10. The molecule has 0 fully saturated rings. The van der Waals surface area contributed by atoms with Crippen molar-refractivity contribution in [1.82, 2.24) is 9.97 Å². The van der Waals surface area contributed by atoms with E-state index in [4.69, 9.17) is 4.74 Å². The summed E-state index contributed by atoms with van der Waals surface area (Å²) in [4.78, 5) is 20.9. The molecule has 0 spiro atoms. The quantitative estimate of drug-likeness (QED) is 0.857. The molecule has 0 amide bonds. The van der Waals surface area contributed by atoms with E-state index in [1.807, 2.05) is 32.9 Å². The molecule has 5 nitrogen and oxygen atoms in total. The van der Waals surface area contributed by atoms with E-state index in [9.17, 15) is 4.79 Å². The summed E-state index contributed by atoms with van der Waals surface area (Å²) in [7, 11) is 0. The first kappa shape index (κ1) is 16.4. The number of nitrogens with zero attached hydrogens (tertiary/aromatic N) is 2. The number of rotatable bonds is 4. The van der Waals surface area contributed by atoms with Gasteiger partial charge in [0.1, 0.15) is 11.4 Å². The van der Waals surface area contributed by atoms with Gasteiger partial charge < -0.3 is 10.1 Å². The second-order valence-electron chi connectivity index (χ2n) is 7.51. The predicted molar refractivity (Wildman–Crippen MR) is 93.4 cm³/mol. The van der Waals surface area contributed by atoms with Gasteiger partial charge in [0.2, 0.25) is 0 Å². The molecule has 5 heteroatoms. The van der Waals surface area contributed by atoms with Crippen molar-refractivity contribution in [3.63, 3.8) is 0 Å². The Morgan fingerprint density at radius 1 is 1.29 bits per heavy atom. The van der Waals surface area contributed by atoms with Crippen LogP contribution in [-0.2, 0) is 9.53 Å². The van der Waals surface area contributed by atoms with Crippen LogP contribution in [0.1, 0.15) is 40.5 Å². The van der Waals surface area contributed by atoms with Gasteiger partial charge in [-0.1, -0.05) is 6.08 Å². The molecule has 1 heterocycles. The third-order valence-corrected chi connectivity index (χ3v) is 3.79. The van der Waals surface area contributed by atoms with E-state index < -0.39 is 11.1 Å². The maximum Gasteiger partial charge on any atom is 0.338 e. The number of esters is 1. The summed E-state index contributed by atoms with van der Waals surface area (Å²) < 4.78 is 5.54. The summed E-state index contributed by atoms with van der Waals surface area (Å²) in [6.07, 6.45) is 12.8. The van der Waals surface area contributed by atoms with Gasteiger partial charge in [-0.2, -0.15) is 0 Å². The maximum absolute atomic E-state index is 12.5. The van der Waals surface area contributed by atoms with Crippen LogP contribution >= 0.6 is 0 Å². The molecular weight excluding hydrogens is 302 g/mol. The highest BCUT2D eigenvalue weighted by atomic mass is 16.6. The fraction of sp³-hybridized carbons (Fsp3) is 0.421. The minimum absolute atomic E-state index is 0.298. The zero-order valence-electron chi connectivity index (χ0n) is 14.6. The number of ether oxygens (including phenoxy) is 1. The van der Waals surface area contributed by atoms with Gasteiger partial charge in [0.25, 0.3) is 0 Å². The van der Waals surface area contributed by atoms with Crippen LogP contribution in [0.3, 0.4) is 0 Å². The highest BCUT2D eigenvalue weighted by Gasteiger charge is 2.33. The lowest BCUT2D eigenvalue weighted by Crippen LogP contribution is -2.37. The van der Waals surface area contributed by atoms with Gasteiger partial charge in [0, 0.05) is 12.4 Å². The fourth-order valence-electron chi connectivity index (χ4n) is 2.78. The summed E-state index contributed by atoms with van der Waals surface area (Å²) in [5.74, 6) is 0.388. The van der Waals surface area contributed by atoms with Crippen LogP contribution < -0.4 is 5.32 Å². The van der Waals surface area contributed by atoms with Crippen LogP contribution in [0.4, 0.5) is 5.82 Å². The van der Waals surface area contributed by atoms with Crippen molar-refractivity contribution in [2.45, 2.75) is 51.7 Å². The highest BCUT2D eigenvalue weighted by Crippen LogP contribution is 2.39. The normalized spacial score (nSPS) is 22.9. The van der Waals surface area contributed by atoms with Gasteiger partial charge in [0.15, 0.2) is 0 Å². The molecule has 2 aliphatic rings. The zero-order chi connectivity index (χ0) is 17.4. The molecule has 2 aliphatic carbocycles. The van der Waals surface area contributed by atoms with Gasteiger partial charge in [-0.25, -0.2) is 9.78 Å². The van der Waals surface area contributed by atoms with Crippen molar-refractivity contribution in [1.29, 1.82) is 0 Å². The lowest BCUT2D eigenvalue weighted by Gasteiger charge is -2.33. The second kappa shape index (κ2) is 5.89. The summed E-state index contributed by atoms with van der Waals surface area (Å²) in [6, 6.07) is 0. The Morgan fingerprint density at radius 3 is 2.62 bits per heavy atom. The van der Waals surface area contributed by atoms with Crippen LogP contribution in [0.15, 0.2) is 53.5 Å². The van der Waals surface area contributed by atoms with Crippen molar-refractivity contribution in [2.75, 3.05) is 5.32 Å². The van der Waals surface area contributed by atoms with Gasteiger partial charge >= 0.3 is 5.97 Å². The SMILES string of the molecule is CC(C)(C)OC(=O)C1=C[C@](C)(Nc2cnccn2)CC(C2=CC2)=C1. The molecule has 0 bridgehead atoms. The Balaban J connectivity index is 1.88. The summed E-state index contributed by atoms with van der Waals surface area (Å²) in [5, 5.41) is 3.39. The Morgan fingerprint density at radius 2 is 2.04 bits per heavy atom. The molecule has 0 unspecified atom stereocenters. The minimum atomic E-state index is -0.517. The predicted octanol–water partition coefficient (Wildman–Crippen LogP) is 3.58. The molecule has 1 atom stereocenters. The summed E-state index contributed by atoms with van der Waals surface area (Å²) in [6.45, 7) is 7.68.